The number of fused-ring (bicyclic) bond motifs is 1. The molecule has 0 aliphatic carbocycles. The van der Waals surface area contributed by atoms with Crippen LogP contribution in [0, 0.1) is 0 Å². The Morgan fingerprint density at radius 3 is 2.88 bits per heavy atom. The second-order valence-corrected chi connectivity index (χ2v) is 6.81. The molecule has 2 heterocycles. The highest BCUT2D eigenvalue weighted by Gasteiger charge is 2.12. The van der Waals surface area contributed by atoms with Crippen LogP contribution in [-0.4, -0.2) is 27.8 Å². The molecule has 0 atom stereocenters. The van der Waals surface area contributed by atoms with E-state index in [1.807, 2.05) is 35.0 Å². The number of nitrogens with zero attached hydrogens (tertiary/aromatic N) is 3. The predicted molar refractivity (Wildman–Crippen MR) is 95.7 cm³/mol. The maximum absolute atomic E-state index is 12.2. The normalized spacial score (nSPS) is 11.2. The molecule has 0 aliphatic heterocycles. The van der Waals surface area contributed by atoms with E-state index in [1.165, 1.54) is 11.3 Å². The predicted octanol–water partition coefficient (Wildman–Crippen LogP) is 3.65. The Kier molecular flexibility index (Phi) is 4.80. The molecule has 0 unspecified atom stereocenters. The van der Waals surface area contributed by atoms with Gasteiger partial charge in [0.15, 0.2) is 0 Å². The van der Waals surface area contributed by atoms with E-state index < -0.39 is 0 Å². The summed E-state index contributed by atoms with van der Waals surface area (Å²) in [6.45, 7) is 4.68. The molecule has 3 aromatic rings. The van der Waals surface area contributed by atoms with Crippen molar-refractivity contribution in [1.29, 1.82) is 0 Å². The molecule has 0 aliphatic rings. The number of carbonyl (C=O) groups is 1. The molecular formula is C17H20N4O2S. The Morgan fingerprint density at radius 2 is 2.17 bits per heavy atom. The summed E-state index contributed by atoms with van der Waals surface area (Å²) in [5, 5.41) is 13.5. The SMILES string of the molecule is COc1cccc2ccn(CCC(=O)Nc3nnc(C(C)C)s3)c12. The van der Waals surface area contributed by atoms with Crippen molar-refractivity contribution in [3.63, 3.8) is 0 Å². The zero-order chi connectivity index (χ0) is 17.1. The lowest BCUT2D eigenvalue weighted by atomic mass is 10.2. The number of rotatable bonds is 6. The summed E-state index contributed by atoms with van der Waals surface area (Å²) in [6, 6.07) is 7.94. The zero-order valence-corrected chi connectivity index (χ0v) is 14.8. The van der Waals surface area contributed by atoms with Gasteiger partial charge in [-0.15, -0.1) is 10.2 Å². The van der Waals surface area contributed by atoms with Gasteiger partial charge in [-0.25, -0.2) is 0 Å². The summed E-state index contributed by atoms with van der Waals surface area (Å²) in [5.41, 5.74) is 1.01. The third-order valence-electron chi connectivity index (χ3n) is 3.73. The first-order valence-corrected chi connectivity index (χ1v) is 8.65. The van der Waals surface area contributed by atoms with E-state index in [1.54, 1.807) is 7.11 Å². The number of aromatic nitrogens is 3. The van der Waals surface area contributed by atoms with Crippen LogP contribution in [0.2, 0.25) is 0 Å². The van der Waals surface area contributed by atoms with Crippen LogP contribution in [0.15, 0.2) is 30.5 Å². The average Bonchev–Trinajstić information content (AvgIpc) is 3.19. The molecule has 7 heteroatoms. The summed E-state index contributed by atoms with van der Waals surface area (Å²) < 4.78 is 7.45. The highest BCUT2D eigenvalue weighted by Crippen LogP contribution is 2.27. The molecule has 0 fully saturated rings. The molecule has 0 bridgehead atoms. The van der Waals surface area contributed by atoms with Crippen LogP contribution >= 0.6 is 11.3 Å². The van der Waals surface area contributed by atoms with Crippen molar-refractivity contribution in [2.75, 3.05) is 12.4 Å². The second kappa shape index (κ2) is 7.00. The minimum atomic E-state index is -0.0711. The minimum Gasteiger partial charge on any atom is -0.495 e. The number of anilines is 1. The number of para-hydroxylation sites is 1. The van der Waals surface area contributed by atoms with Crippen molar-refractivity contribution < 1.29 is 9.53 Å². The van der Waals surface area contributed by atoms with Gasteiger partial charge in [-0.2, -0.15) is 0 Å². The molecule has 0 spiro atoms. The second-order valence-electron chi connectivity index (χ2n) is 5.81. The van der Waals surface area contributed by atoms with Crippen LogP contribution in [-0.2, 0) is 11.3 Å². The summed E-state index contributed by atoms with van der Waals surface area (Å²) >= 11 is 1.42. The minimum absolute atomic E-state index is 0.0711. The Morgan fingerprint density at radius 1 is 1.33 bits per heavy atom. The maximum atomic E-state index is 12.2. The van der Waals surface area contributed by atoms with Crippen molar-refractivity contribution >= 4 is 33.3 Å². The fourth-order valence-electron chi connectivity index (χ4n) is 2.50. The van der Waals surface area contributed by atoms with E-state index in [-0.39, 0.29) is 5.91 Å². The van der Waals surface area contributed by atoms with Crippen molar-refractivity contribution in [2.24, 2.45) is 0 Å². The molecular weight excluding hydrogens is 324 g/mol. The van der Waals surface area contributed by atoms with Crippen LogP contribution in [0.25, 0.3) is 10.9 Å². The lowest BCUT2D eigenvalue weighted by molar-refractivity contribution is -0.116. The fraction of sp³-hybridized carbons (Fsp3) is 0.353. The molecule has 0 radical (unpaired) electrons. The van der Waals surface area contributed by atoms with Crippen molar-refractivity contribution in [1.82, 2.24) is 14.8 Å². The lowest BCUT2D eigenvalue weighted by Crippen LogP contribution is -2.14. The summed E-state index contributed by atoms with van der Waals surface area (Å²) in [7, 11) is 1.65. The van der Waals surface area contributed by atoms with E-state index in [9.17, 15) is 4.79 Å². The number of ether oxygens (including phenoxy) is 1. The monoisotopic (exact) mass is 344 g/mol. The number of aryl methyl sites for hydroxylation is 1. The molecule has 3 rings (SSSR count). The molecule has 1 N–H and O–H groups in total. The first kappa shape index (κ1) is 16.4. The first-order valence-electron chi connectivity index (χ1n) is 7.83. The number of nitrogens with one attached hydrogen (secondary N) is 1. The van der Waals surface area contributed by atoms with Gasteiger partial charge in [-0.3, -0.25) is 4.79 Å². The summed E-state index contributed by atoms with van der Waals surface area (Å²) in [6.07, 6.45) is 2.33. The topological polar surface area (TPSA) is 69.0 Å². The number of hydrogen-bond donors (Lipinski definition) is 1. The molecule has 126 valence electrons. The molecule has 6 nitrogen and oxygen atoms in total. The van der Waals surface area contributed by atoms with E-state index in [0.29, 0.717) is 24.0 Å². The van der Waals surface area contributed by atoms with E-state index in [0.717, 1.165) is 21.7 Å². The number of hydrogen-bond acceptors (Lipinski definition) is 5. The summed E-state index contributed by atoms with van der Waals surface area (Å²) in [5.74, 6) is 1.05. The number of methoxy groups -OCH3 is 1. The molecule has 0 saturated carbocycles. The van der Waals surface area contributed by atoms with Crippen LogP contribution in [0.1, 0.15) is 31.2 Å². The Hall–Kier alpha value is -2.41. The molecule has 24 heavy (non-hydrogen) atoms. The third kappa shape index (κ3) is 3.41. The largest absolute Gasteiger partial charge is 0.495 e. The summed E-state index contributed by atoms with van der Waals surface area (Å²) in [4.78, 5) is 12.2. The van der Waals surface area contributed by atoms with Gasteiger partial charge < -0.3 is 14.6 Å². The van der Waals surface area contributed by atoms with Gasteiger partial charge in [-0.1, -0.05) is 37.3 Å². The maximum Gasteiger partial charge on any atom is 0.227 e. The Labute approximate surface area is 144 Å². The molecule has 2 aromatic heterocycles. The van der Waals surface area contributed by atoms with Gasteiger partial charge in [0.1, 0.15) is 10.8 Å². The lowest BCUT2D eigenvalue weighted by Gasteiger charge is -2.08. The first-order chi connectivity index (χ1) is 11.6. The fourth-order valence-corrected chi connectivity index (χ4v) is 3.26. The number of carbonyl (C=O) groups excluding carboxylic acids is 1. The van der Waals surface area contributed by atoms with Gasteiger partial charge in [0.25, 0.3) is 0 Å². The van der Waals surface area contributed by atoms with Crippen LogP contribution in [0.5, 0.6) is 5.75 Å². The van der Waals surface area contributed by atoms with Crippen LogP contribution in [0.3, 0.4) is 0 Å². The van der Waals surface area contributed by atoms with Gasteiger partial charge >= 0.3 is 0 Å². The number of amides is 1. The average molecular weight is 344 g/mol. The Balaban J connectivity index is 1.66. The quantitative estimate of drug-likeness (QED) is 0.741. The number of benzene rings is 1. The third-order valence-corrected chi connectivity index (χ3v) is 4.87. The Bertz CT molecular complexity index is 853. The molecule has 1 amide bonds. The highest BCUT2D eigenvalue weighted by atomic mass is 32.1. The van der Waals surface area contributed by atoms with Gasteiger partial charge in [0.2, 0.25) is 11.0 Å². The van der Waals surface area contributed by atoms with Gasteiger partial charge in [-0.05, 0) is 12.1 Å². The highest BCUT2D eigenvalue weighted by molar-refractivity contribution is 7.15. The molecule has 1 aromatic carbocycles. The van der Waals surface area contributed by atoms with E-state index >= 15 is 0 Å². The van der Waals surface area contributed by atoms with Crippen molar-refractivity contribution in [2.45, 2.75) is 32.7 Å². The van der Waals surface area contributed by atoms with Crippen LogP contribution in [0.4, 0.5) is 5.13 Å². The van der Waals surface area contributed by atoms with Gasteiger partial charge in [0, 0.05) is 30.5 Å². The molecule has 0 saturated heterocycles. The van der Waals surface area contributed by atoms with Crippen LogP contribution < -0.4 is 10.1 Å². The van der Waals surface area contributed by atoms with Crippen molar-refractivity contribution in [3.05, 3.63) is 35.5 Å². The zero-order valence-electron chi connectivity index (χ0n) is 13.9. The standard InChI is InChI=1S/C17H20N4O2S/c1-11(2)16-19-20-17(24-16)18-14(22)8-10-21-9-7-12-5-4-6-13(23-3)15(12)21/h4-7,9,11H,8,10H2,1-3H3,(H,18,20,22). The van der Waals surface area contributed by atoms with E-state index in [4.69, 9.17) is 4.74 Å². The smallest absolute Gasteiger partial charge is 0.227 e. The van der Waals surface area contributed by atoms with Gasteiger partial charge in [0.05, 0.1) is 12.6 Å². The van der Waals surface area contributed by atoms with Crippen molar-refractivity contribution in [3.8, 4) is 5.75 Å². The van der Waals surface area contributed by atoms with E-state index in [2.05, 4.69) is 29.4 Å².